The maximum atomic E-state index is 4.55. The minimum atomic E-state index is 0.418. The van der Waals surface area contributed by atoms with Crippen LogP contribution in [0.1, 0.15) is 50.9 Å². The highest BCUT2D eigenvalue weighted by Crippen LogP contribution is 2.22. The van der Waals surface area contributed by atoms with Gasteiger partial charge in [-0.2, -0.15) is 0 Å². The van der Waals surface area contributed by atoms with Gasteiger partial charge in [0.2, 0.25) is 0 Å². The molecule has 1 aromatic heterocycles. The Balaban J connectivity index is 2.64. The number of nitrogens with zero attached hydrogens (tertiary/aromatic N) is 1. The van der Waals surface area contributed by atoms with Crippen LogP contribution in [0, 0.1) is 12.8 Å². The molecule has 86 valence electrons. The zero-order valence-electron chi connectivity index (χ0n) is 10.4. The molecule has 0 aliphatic rings. The SMILES string of the molecule is CCC(NC(C)C(C)C)c1nc(C)cs1. The van der Waals surface area contributed by atoms with Crippen LogP contribution in [0.25, 0.3) is 0 Å². The average Bonchev–Trinajstić information content (AvgIpc) is 2.60. The van der Waals surface area contributed by atoms with E-state index < -0.39 is 0 Å². The quantitative estimate of drug-likeness (QED) is 0.830. The second-order valence-electron chi connectivity index (χ2n) is 4.49. The van der Waals surface area contributed by atoms with Crippen molar-refractivity contribution in [1.82, 2.24) is 10.3 Å². The molecule has 0 aliphatic heterocycles. The standard InChI is InChI=1S/C12H22N2S/c1-6-11(14-10(5)8(2)3)12-13-9(4)7-15-12/h7-8,10-11,14H,6H2,1-5H3. The van der Waals surface area contributed by atoms with Crippen molar-refractivity contribution < 1.29 is 0 Å². The number of hydrogen-bond donors (Lipinski definition) is 1. The molecule has 0 spiro atoms. The Labute approximate surface area is 97.1 Å². The lowest BCUT2D eigenvalue weighted by Gasteiger charge is -2.23. The van der Waals surface area contributed by atoms with Gasteiger partial charge in [0, 0.05) is 17.1 Å². The van der Waals surface area contributed by atoms with Gasteiger partial charge in [-0.15, -0.1) is 11.3 Å². The largest absolute Gasteiger partial charge is 0.305 e. The van der Waals surface area contributed by atoms with E-state index in [0.29, 0.717) is 18.0 Å². The fraction of sp³-hybridized carbons (Fsp3) is 0.750. The molecule has 0 saturated carbocycles. The molecule has 3 heteroatoms. The molecular weight excluding hydrogens is 204 g/mol. The van der Waals surface area contributed by atoms with Crippen molar-refractivity contribution in [2.45, 2.75) is 53.1 Å². The lowest BCUT2D eigenvalue weighted by atomic mass is 10.0. The molecule has 0 amide bonds. The van der Waals surface area contributed by atoms with Gasteiger partial charge in [-0.25, -0.2) is 4.98 Å². The third kappa shape index (κ3) is 3.58. The van der Waals surface area contributed by atoms with E-state index in [4.69, 9.17) is 0 Å². The highest BCUT2D eigenvalue weighted by Gasteiger charge is 2.16. The lowest BCUT2D eigenvalue weighted by molar-refractivity contribution is 0.369. The van der Waals surface area contributed by atoms with Crippen LogP contribution in [0.5, 0.6) is 0 Å². The first kappa shape index (κ1) is 12.7. The van der Waals surface area contributed by atoms with Gasteiger partial charge in [0.15, 0.2) is 0 Å². The van der Waals surface area contributed by atoms with E-state index in [2.05, 4.69) is 50.3 Å². The van der Waals surface area contributed by atoms with E-state index in [-0.39, 0.29) is 0 Å². The van der Waals surface area contributed by atoms with Crippen LogP contribution in [-0.2, 0) is 0 Å². The average molecular weight is 226 g/mol. The lowest BCUT2D eigenvalue weighted by Crippen LogP contribution is -2.34. The Morgan fingerprint density at radius 3 is 2.47 bits per heavy atom. The van der Waals surface area contributed by atoms with Gasteiger partial charge in [0.1, 0.15) is 5.01 Å². The number of hydrogen-bond acceptors (Lipinski definition) is 3. The van der Waals surface area contributed by atoms with Crippen LogP contribution in [0.15, 0.2) is 5.38 Å². The molecule has 2 atom stereocenters. The molecule has 2 unspecified atom stereocenters. The van der Waals surface area contributed by atoms with E-state index in [1.165, 1.54) is 5.01 Å². The van der Waals surface area contributed by atoms with Gasteiger partial charge in [-0.1, -0.05) is 20.8 Å². The van der Waals surface area contributed by atoms with E-state index in [1.807, 2.05) is 0 Å². The Morgan fingerprint density at radius 1 is 1.40 bits per heavy atom. The number of thiazole rings is 1. The summed E-state index contributed by atoms with van der Waals surface area (Å²) in [5.41, 5.74) is 1.13. The van der Waals surface area contributed by atoms with E-state index >= 15 is 0 Å². The van der Waals surface area contributed by atoms with Gasteiger partial charge < -0.3 is 5.32 Å². The molecule has 0 bridgehead atoms. The summed E-state index contributed by atoms with van der Waals surface area (Å²) in [5, 5.41) is 6.99. The molecule has 15 heavy (non-hydrogen) atoms. The second-order valence-corrected chi connectivity index (χ2v) is 5.38. The number of aryl methyl sites for hydroxylation is 1. The molecule has 0 radical (unpaired) electrons. The van der Waals surface area contributed by atoms with E-state index in [9.17, 15) is 0 Å². The molecule has 1 heterocycles. The third-order valence-corrected chi connectivity index (χ3v) is 3.88. The molecule has 0 aromatic carbocycles. The summed E-state index contributed by atoms with van der Waals surface area (Å²) in [6.45, 7) is 11.0. The summed E-state index contributed by atoms with van der Waals surface area (Å²) in [7, 11) is 0. The first-order valence-corrected chi connectivity index (χ1v) is 6.60. The van der Waals surface area contributed by atoms with Crippen molar-refractivity contribution in [1.29, 1.82) is 0 Å². The molecular formula is C12H22N2S. The minimum Gasteiger partial charge on any atom is -0.305 e. The van der Waals surface area contributed by atoms with Gasteiger partial charge in [-0.05, 0) is 26.2 Å². The number of rotatable bonds is 5. The number of aromatic nitrogens is 1. The zero-order valence-corrected chi connectivity index (χ0v) is 11.2. The van der Waals surface area contributed by atoms with Crippen molar-refractivity contribution in [3.05, 3.63) is 16.1 Å². The smallest absolute Gasteiger partial charge is 0.110 e. The molecule has 1 rings (SSSR count). The normalized spacial score (nSPS) is 15.6. The Bertz CT molecular complexity index is 294. The monoisotopic (exact) mass is 226 g/mol. The first-order chi connectivity index (χ1) is 7.04. The van der Waals surface area contributed by atoms with Crippen molar-refractivity contribution in [2.75, 3.05) is 0 Å². The van der Waals surface area contributed by atoms with Crippen molar-refractivity contribution in [2.24, 2.45) is 5.92 Å². The molecule has 0 fully saturated rings. The van der Waals surface area contributed by atoms with Crippen molar-refractivity contribution in [3.8, 4) is 0 Å². The molecule has 1 N–H and O–H groups in total. The van der Waals surface area contributed by atoms with Crippen molar-refractivity contribution in [3.63, 3.8) is 0 Å². The predicted molar refractivity (Wildman–Crippen MR) is 67.3 cm³/mol. The van der Waals surface area contributed by atoms with Crippen LogP contribution in [-0.4, -0.2) is 11.0 Å². The van der Waals surface area contributed by atoms with Crippen LogP contribution < -0.4 is 5.32 Å². The molecule has 1 aromatic rings. The maximum Gasteiger partial charge on any atom is 0.110 e. The molecule has 0 aliphatic carbocycles. The summed E-state index contributed by atoms with van der Waals surface area (Å²) in [6, 6.07) is 0.959. The topological polar surface area (TPSA) is 24.9 Å². The molecule has 0 saturated heterocycles. The summed E-state index contributed by atoms with van der Waals surface area (Å²) >= 11 is 1.76. The second kappa shape index (κ2) is 5.61. The third-order valence-electron chi connectivity index (χ3n) is 2.81. The van der Waals surface area contributed by atoms with Crippen LogP contribution in [0.3, 0.4) is 0 Å². The van der Waals surface area contributed by atoms with Gasteiger partial charge in [-0.3, -0.25) is 0 Å². The minimum absolute atomic E-state index is 0.418. The van der Waals surface area contributed by atoms with Crippen LogP contribution in [0.2, 0.25) is 0 Å². The Morgan fingerprint density at radius 2 is 2.07 bits per heavy atom. The van der Waals surface area contributed by atoms with Crippen molar-refractivity contribution >= 4 is 11.3 Å². The van der Waals surface area contributed by atoms with Gasteiger partial charge in [0.05, 0.1) is 6.04 Å². The van der Waals surface area contributed by atoms with E-state index in [1.54, 1.807) is 11.3 Å². The number of nitrogens with one attached hydrogen (secondary N) is 1. The van der Waals surface area contributed by atoms with Gasteiger partial charge >= 0.3 is 0 Å². The molecule has 2 nitrogen and oxygen atoms in total. The summed E-state index contributed by atoms with van der Waals surface area (Å²) in [6.07, 6.45) is 1.10. The fourth-order valence-corrected chi connectivity index (χ4v) is 2.35. The Kier molecular flexibility index (Phi) is 4.74. The fourth-order valence-electron chi connectivity index (χ4n) is 1.41. The summed E-state index contributed by atoms with van der Waals surface area (Å²) in [5.74, 6) is 0.667. The Hall–Kier alpha value is -0.410. The first-order valence-electron chi connectivity index (χ1n) is 5.72. The maximum absolute atomic E-state index is 4.55. The van der Waals surface area contributed by atoms with Crippen LogP contribution in [0.4, 0.5) is 0 Å². The van der Waals surface area contributed by atoms with Gasteiger partial charge in [0.25, 0.3) is 0 Å². The summed E-state index contributed by atoms with van der Waals surface area (Å²) in [4.78, 5) is 4.55. The predicted octanol–water partition coefficient (Wildman–Crippen LogP) is 3.54. The zero-order chi connectivity index (χ0) is 11.4. The van der Waals surface area contributed by atoms with E-state index in [0.717, 1.165) is 12.1 Å². The highest BCUT2D eigenvalue weighted by molar-refractivity contribution is 7.09. The van der Waals surface area contributed by atoms with Crippen LogP contribution >= 0.6 is 11.3 Å². The summed E-state index contributed by atoms with van der Waals surface area (Å²) < 4.78 is 0. The highest BCUT2D eigenvalue weighted by atomic mass is 32.1.